The minimum absolute atomic E-state index is 0.269. The van der Waals surface area contributed by atoms with Gasteiger partial charge in [0.2, 0.25) is 0 Å². The molecule has 2 aromatic carbocycles. The van der Waals surface area contributed by atoms with Gasteiger partial charge in [-0.25, -0.2) is 9.78 Å². The van der Waals surface area contributed by atoms with E-state index < -0.39 is 0 Å². The molecule has 21 heavy (non-hydrogen) atoms. The normalized spacial score (nSPS) is 10.5. The number of carbonyl (C=O) groups excluding carboxylic acids is 1. The molecule has 0 bridgehead atoms. The average molecular weight is 297 g/mol. The number of fused-ring (bicyclic) bond motifs is 1. The van der Waals surface area contributed by atoms with Gasteiger partial charge in [-0.05, 0) is 30.2 Å². The van der Waals surface area contributed by atoms with Gasteiger partial charge in [-0.3, -0.25) is 5.32 Å². The maximum absolute atomic E-state index is 12.1. The molecule has 0 unspecified atom stereocenters. The Balaban J connectivity index is 1.74. The summed E-state index contributed by atoms with van der Waals surface area (Å²) in [6.07, 6.45) is 0.873. The van der Waals surface area contributed by atoms with E-state index in [0.29, 0.717) is 5.13 Å². The number of anilines is 2. The third-order valence-electron chi connectivity index (χ3n) is 3.16. The van der Waals surface area contributed by atoms with E-state index in [1.165, 1.54) is 11.3 Å². The lowest BCUT2D eigenvalue weighted by atomic mass is 10.1. The number of nitrogens with one attached hydrogen (secondary N) is 2. The van der Waals surface area contributed by atoms with Gasteiger partial charge >= 0.3 is 6.03 Å². The van der Waals surface area contributed by atoms with Crippen LogP contribution in [0, 0.1) is 0 Å². The van der Waals surface area contributed by atoms with Crippen molar-refractivity contribution in [3.05, 3.63) is 54.1 Å². The molecule has 0 fully saturated rings. The van der Waals surface area contributed by atoms with Gasteiger partial charge < -0.3 is 5.32 Å². The molecular formula is C16H15N3OS. The Labute approximate surface area is 126 Å². The molecule has 1 heterocycles. The fourth-order valence-electron chi connectivity index (χ4n) is 2.13. The molecule has 0 aliphatic rings. The SMILES string of the molecule is CCc1ccccc1NC(=O)Nc1nc2ccccc2s1. The second kappa shape index (κ2) is 5.93. The van der Waals surface area contributed by atoms with Crippen LogP contribution in [0.4, 0.5) is 15.6 Å². The molecule has 2 amide bonds. The molecule has 0 aliphatic carbocycles. The van der Waals surface area contributed by atoms with E-state index in [1.54, 1.807) is 0 Å². The Hall–Kier alpha value is -2.40. The fraction of sp³-hybridized carbons (Fsp3) is 0.125. The predicted octanol–water partition coefficient (Wildman–Crippen LogP) is 4.50. The van der Waals surface area contributed by atoms with E-state index in [0.717, 1.165) is 27.9 Å². The van der Waals surface area contributed by atoms with E-state index in [1.807, 2.05) is 48.5 Å². The van der Waals surface area contributed by atoms with Gasteiger partial charge in [0.1, 0.15) is 0 Å². The van der Waals surface area contributed by atoms with Crippen LogP contribution in [-0.2, 0) is 6.42 Å². The molecule has 0 aliphatic heterocycles. The summed E-state index contributed by atoms with van der Waals surface area (Å²) in [7, 11) is 0. The van der Waals surface area contributed by atoms with E-state index in [4.69, 9.17) is 0 Å². The molecule has 1 aromatic heterocycles. The van der Waals surface area contributed by atoms with Crippen molar-refractivity contribution in [2.24, 2.45) is 0 Å². The van der Waals surface area contributed by atoms with E-state index in [2.05, 4.69) is 22.5 Å². The van der Waals surface area contributed by atoms with Gasteiger partial charge in [0.25, 0.3) is 0 Å². The monoisotopic (exact) mass is 297 g/mol. The Morgan fingerprint density at radius 2 is 1.86 bits per heavy atom. The summed E-state index contributed by atoms with van der Waals surface area (Å²) in [6.45, 7) is 2.06. The largest absolute Gasteiger partial charge is 0.325 e. The number of benzene rings is 2. The summed E-state index contributed by atoms with van der Waals surface area (Å²) < 4.78 is 1.06. The third kappa shape index (κ3) is 3.03. The second-order valence-electron chi connectivity index (χ2n) is 4.58. The van der Waals surface area contributed by atoms with Crippen molar-refractivity contribution in [3.63, 3.8) is 0 Å². The summed E-state index contributed by atoms with van der Waals surface area (Å²) in [5.74, 6) is 0. The minimum Gasteiger partial charge on any atom is -0.307 e. The highest BCUT2D eigenvalue weighted by Gasteiger charge is 2.09. The van der Waals surface area contributed by atoms with Crippen LogP contribution < -0.4 is 10.6 Å². The highest BCUT2D eigenvalue weighted by atomic mass is 32.1. The number of aryl methyl sites for hydroxylation is 1. The van der Waals surface area contributed by atoms with Gasteiger partial charge in [0, 0.05) is 5.69 Å². The first-order valence-corrected chi connectivity index (χ1v) is 7.59. The molecular weight excluding hydrogens is 282 g/mol. The van der Waals surface area contributed by atoms with E-state index in [-0.39, 0.29) is 6.03 Å². The number of hydrogen-bond donors (Lipinski definition) is 2. The molecule has 3 aromatic rings. The van der Waals surface area contributed by atoms with Crippen molar-refractivity contribution in [1.29, 1.82) is 0 Å². The lowest BCUT2D eigenvalue weighted by Gasteiger charge is -2.09. The Morgan fingerprint density at radius 1 is 1.10 bits per heavy atom. The molecule has 0 atom stereocenters. The number of rotatable bonds is 3. The van der Waals surface area contributed by atoms with E-state index >= 15 is 0 Å². The van der Waals surface area contributed by atoms with Crippen molar-refractivity contribution < 1.29 is 4.79 Å². The molecule has 4 nitrogen and oxygen atoms in total. The van der Waals surface area contributed by atoms with Crippen molar-refractivity contribution in [3.8, 4) is 0 Å². The van der Waals surface area contributed by atoms with Crippen molar-refractivity contribution >= 4 is 38.4 Å². The molecule has 5 heteroatoms. The number of amides is 2. The van der Waals surface area contributed by atoms with Crippen LogP contribution in [0.2, 0.25) is 0 Å². The number of aromatic nitrogens is 1. The summed E-state index contributed by atoms with van der Waals surface area (Å²) in [6, 6.07) is 15.3. The second-order valence-corrected chi connectivity index (χ2v) is 5.61. The minimum atomic E-state index is -0.269. The van der Waals surface area contributed by atoms with E-state index in [9.17, 15) is 4.79 Å². The summed E-state index contributed by atoms with van der Waals surface area (Å²) in [5.41, 5.74) is 2.84. The Morgan fingerprint density at radius 3 is 2.67 bits per heavy atom. The van der Waals surface area contributed by atoms with Crippen LogP contribution >= 0.6 is 11.3 Å². The standard InChI is InChI=1S/C16H15N3OS/c1-2-11-7-3-4-8-12(11)17-15(20)19-16-18-13-9-5-6-10-14(13)21-16/h3-10H,2H2,1H3,(H2,17,18,19,20). The highest BCUT2D eigenvalue weighted by Crippen LogP contribution is 2.25. The molecule has 0 saturated carbocycles. The van der Waals surface area contributed by atoms with Crippen LogP contribution in [0.1, 0.15) is 12.5 Å². The number of hydrogen-bond acceptors (Lipinski definition) is 3. The van der Waals surface area contributed by atoms with Gasteiger partial charge in [0.15, 0.2) is 5.13 Å². The fourth-order valence-corrected chi connectivity index (χ4v) is 2.99. The topological polar surface area (TPSA) is 54.0 Å². The smallest absolute Gasteiger partial charge is 0.307 e. The summed E-state index contributed by atoms with van der Waals surface area (Å²) >= 11 is 1.46. The van der Waals surface area contributed by atoms with Crippen LogP contribution in [-0.4, -0.2) is 11.0 Å². The lowest BCUT2D eigenvalue weighted by molar-refractivity contribution is 0.262. The first-order chi connectivity index (χ1) is 10.3. The number of nitrogens with zero attached hydrogens (tertiary/aromatic N) is 1. The van der Waals surface area contributed by atoms with Crippen molar-refractivity contribution in [1.82, 2.24) is 4.98 Å². The molecule has 2 N–H and O–H groups in total. The maximum atomic E-state index is 12.1. The van der Waals surface area contributed by atoms with Gasteiger partial charge in [-0.15, -0.1) is 0 Å². The highest BCUT2D eigenvalue weighted by molar-refractivity contribution is 7.22. The zero-order valence-electron chi connectivity index (χ0n) is 11.6. The van der Waals surface area contributed by atoms with Crippen LogP contribution in [0.25, 0.3) is 10.2 Å². The predicted molar refractivity (Wildman–Crippen MR) is 88.1 cm³/mol. The number of carbonyl (C=O) groups is 1. The number of para-hydroxylation sites is 2. The van der Waals surface area contributed by atoms with Crippen LogP contribution in [0.15, 0.2) is 48.5 Å². The summed E-state index contributed by atoms with van der Waals surface area (Å²) in [4.78, 5) is 16.5. The number of urea groups is 1. The zero-order chi connectivity index (χ0) is 14.7. The van der Waals surface area contributed by atoms with Gasteiger partial charge in [-0.1, -0.05) is 48.6 Å². The maximum Gasteiger partial charge on any atom is 0.325 e. The Bertz CT molecular complexity index is 749. The van der Waals surface area contributed by atoms with Gasteiger partial charge in [-0.2, -0.15) is 0 Å². The first kappa shape index (κ1) is 13.6. The van der Waals surface area contributed by atoms with Crippen molar-refractivity contribution in [2.45, 2.75) is 13.3 Å². The number of thiazole rings is 1. The molecule has 0 spiro atoms. The first-order valence-electron chi connectivity index (χ1n) is 6.77. The Kier molecular flexibility index (Phi) is 3.83. The molecule has 0 radical (unpaired) electrons. The van der Waals surface area contributed by atoms with Crippen LogP contribution in [0.5, 0.6) is 0 Å². The molecule has 3 rings (SSSR count). The molecule has 0 saturated heterocycles. The lowest BCUT2D eigenvalue weighted by Crippen LogP contribution is -2.20. The molecule has 106 valence electrons. The third-order valence-corrected chi connectivity index (χ3v) is 4.11. The summed E-state index contributed by atoms with van der Waals surface area (Å²) in [5, 5.41) is 6.26. The average Bonchev–Trinajstić information content (AvgIpc) is 2.89. The van der Waals surface area contributed by atoms with Crippen LogP contribution in [0.3, 0.4) is 0 Å². The van der Waals surface area contributed by atoms with Crippen molar-refractivity contribution in [2.75, 3.05) is 10.6 Å². The van der Waals surface area contributed by atoms with Gasteiger partial charge in [0.05, 0.1) is 10.2 Å². The zero-order valence-corrected chi connectivity index (χ0v) is 12.4. The quantitative estimate of drug-likeness (QED) is 0.747.